The summed E-state index contributed by atoms with van der Waals surface area (Å²) >= 11 is 3.40. The Labute approximate surface area is 122 Å². The molecule has 1 heterocycles. The summed E-state index contributed by atoms with van der Waals surface area (Å²) in [6.07, 6.45) is 6.00. The molecule has 3 N–H and O–H groups in total. The van der Waals surface area contributed by atoms with E-state index in [9.17, 15) is 4.79 Å². The standard InChI is InChI=1S/C14H20BrN3O/c1-9-6-13(17-8-12(9)15)18-14(19)11-5-3-2-4-10(11)7-16/h6,8,10-11H,2-5,7,16H2,1H3,(H,17,18,19). The smallest absolute Gasteiger partial charge is 0.228 e. The average molecular weight is 326 g/mol. The van der Waals surface area contributed by atoms with E-state index in [1.54, 1.807) is 6.20 Å². The van der Waals surface area contributed by atoms with E-state index in [1.165, 1.54) is 6.42 Å². The van der Waals surface area contributed by atoms with Gasteiger partial charge in [-0.05, 0) is 59.8 Å². The molecule has 4 nitrogen and oxygen atoms in total. The summed E-state index contributed by atoms with van der Waals surface area (Å²) in [5.74, 6) is 1.02. The van der Waals surface area contributed by atoms with Crippen molar-refractivity contribution in [3.8, 4) is 0 Å². The average Bonchev–Trinajstić information content (AvgIpc) is 2.43. The monoisotopic (exact) mass is 325 g/mol. The molecule has 0 aromatic carbocycles. The fraction of sp³-hybridized carbons (Fsp3) is 0.571. The zero-order valence-electron chi connectivity index (χ0n) is 11.2. The molecule has 1 aromatic heterocycles. The molecule has 2 rings (SSSR count). The predicted molar refractivity (Wildman–Crippen MR) is 79.8 cm³/mol. The van der Waals surface area contributed by atoms with Gasteiger partial charge in [-0.1, -0.05) is 12.8 Å². The van der Waals surface area contributed by atoms with Crippen molar-refractivity contribution < 1.29 is 4.79 Å². The molecule has 0 radical (unpaired) electrons. The van der Waals surface area contributed by atoms with Gasteiger partial charge in [0.25, 0.3) is 0 Å². The van der Waals surface area contributed by atoms with Gasteiger partial charge in [0.1, 0.15) is 5.82 Å². The summed E-state index contributed by atoms with van der Waals surface area (Å²) in [6, 6.07) is 1.88. The maximum Gasteiger partial charge on any atom is 0.228 e. The van der Waals surface area contributed by atoms with Crippen molar-refractivity contribution >= 4 is 27.7 Å². The van der Waals surface area contributed by atoms with Crippen molar-refractivity contribution in [2.24, 2.45) is 17.6 Å². The maximum atomic E-state index is 12.3. The van der Waals surface area contributed by atoms with Crippen molar-refractivity contribution in [1.29, 1.82) is 0 Å². The lowest BCUT2D eigenvalue weighted by atomic mass is 9.79. The van der Waals surface area contributed by atoms with Crippen molar-refractivity contribution in [3.63, 3.8) is 0 Å². The first-order valence-electron chi connectivity index (χ1n) is 6.75. The molecule has 1 amide bonds. The fourth-order valence-electron chi connectivity index (χ4n) is 2.66. The number of aromatic nitrogens is 1. The second kappa shape index (κ2) is 6.48. The molecule has 2 atom stereocenters. The van der Waals surface area contributed by atoms with E-state index in [-0.39, 0.29) is 11.8 Å². The van der Waals surface area contributed by atoms with Gasteiger partial charge in [-0.3, -0.25) is 4.79 Å². The molecule has 0 aliphatic heterocycles. The quantitative estimate of drug-likeness (QED) is 0.897. The number of nitrogens with one attached hydrogen (secondary N) is 1. The van der Waals surface area contributed by atoms with Gasteiger partial charge in [0.2, 0.25) is 5.91 Å². The van der Waals surface area contributed by atoms with E-state index >= 15 is 0 Å². The molecule has 1 aromatic rings. The van der Waals surface area contributed by atoms with Crippen molar-refractivity contribution in [3.05, 3.63) is 22.3 Å². The van der Waals surface area contributed by atoms with Crippen LogP contribution in [0.4, 0.5) is 5.82 Å². The van der Waals surface area contributed by atoms with Gasteiger partial charge in [0.15, 0.2) is 0 Å². The Bertz CT molecular complexity index is 464. The van der Waals surface area contributed by atoms with Gasteiger partial charge in [0, 0.05) is 16.6 Å². The number of nitrogens with zero attached hydrogens (tertiary/aromatic N) is 1. The number of carbonyl (C=O) groups excluding carboxylic acids is 1. The van der Waals surface area contributed by atoms with Crippen LogP contribution in [0.5, 0.6) is 0 Å². The van der Waals surface area contributed by atoms with Crippen LogP contribution in [0.3, 0.4) is 0 Å². The van der Waals surface area contributed by atoms with Crippen LogP contribution in [0.1, 0.15) is 31.2 Å². The Morgan fingerprint density at radius 2 is 2.26 bits per heavy atom. The second-order valence-corrected chi connectivity index (χ2v) is 6.05. The Hall–Kier alpha value is -0.940. The van der Waals surface area contributed by atoms with Crippen LogP contribution in [0, 0.1) is 18.8 Å². The minimum atomic E-state index is 0.0319. The summed E-state index contributed by atoms with van der Waals surface area (Å²) < 4.78 is 0.947. The molecule has 2 unspecified atom stereocenters. The topological polar surface area (TPSA) is 68.0 Å². The number of rotatable bonds is 3. The number of halogens is 1. The third kappa shape index (κ3) is 3.54. The maximum absolute atomic E-state index is 12.3. The zero-order valence-corrected chi connectivity index (χ0v) is 12.7. The Balaban J connectivity index is 2.05. The second-order valence-electron chi connectivity index (χ2n) is 5.19. The van der Waals surface area contributed by atoms with E-state index in [2.05, 4.69) is 26.2 Å². The number of pyridine rings is 1. The molecule has 5 heteroatoms. The normalized spacial score (nSPS) is 23.1. The highest BCUT2D eigenvalue weighted by molar-refractivity contribution is 9.10. The highest BCUT2D eigenvalue weighted by Crippen LogP contribution is 2.30. The number of hydrogen-bond acceptors (Lipinski definition) is 3. The van der Waals surface area contributed by atoms with Crippen LogP contribution in [-0.4, -0.2) is 17.4 Å². The molecule has 0 bridgehead atoms. The van der Waals surface area contributed by atoms with Gasteiger partial charge in [0.05, 0.1) is 0 Å². The van der Waals surface area contributed by atoms with Crippen molar-refractivity contribution in [1.82, 2.24) is 4.98 Å². The third-order valence-corrected chi connectivity index (χ3v) is 4.68. The number of nitrogens with two attached hydrogens (primary N) is 1. The van der Waals surface area contributed by atoms with E-state index < -0.39 is 0 Å². The Morgan fingerprint density at radius 1 is 1.53 bits per heavy atom. The van der Waals surface area contributed by atoms with E-state index in [0.717, 1.165) is 29.3 Å². The van der Waals surface area contributed by atoms with Crippen LogP contribution in [-0.2, 0) is 4.79 Å². The largest absolute Gasteiger partial charge is 0.330 e. The Morgan fingerprint density at radius 3 is 2.95 bits per heavy atom. The van der Waals surface area contributed by atoms with Gasteiger partial charge >= 0.3 is 0 Å². The lowest BCUT2D eigenvalue weighted by Crippen LogP contribution is -2.35. The summed E-state index contributed by atoms with van der Waals surface area (Å²) in [5.41, 5.74) is 6.83. The molecule has 1 aliphatic carbocycles. The number of aryl methyl sites for hydroxylation is 1. The summed E-state index contributed by atoms with van der Waals surface area (Å²) in [4.78, 5) is 16.5. The van der Waals surface area contributed by atoms with E-state index in [1.807, 2.05) is 13.0 Å². The van der Waals surface area contributed by atoms with Crippen molar-refractivity contribution in [2.45, 2.75) is 32.6 Å². The summed E-state index contributed by atoms with van der Waals surface area (Å²) in [6.45, 7) is 2.57. The summed E-state index contributed by atoms with van der Waals surface area (Å²) in [5, 5.41) is 2.92. The molecule has 0 saturated heterocycles. The van der Waals surface area contributed by atoms with Gasteiger partial charge in [-0.25, -0.2) is 4.98 Å². The first-order valence-corrected chi connectivity index (χ1v) is 7.54. The molecule has 1 saturated carbocycles. The highest BCUT2D eigenvalue weighted by atomic mass is 79.9. The van der Waals surface area contributed by atoms with Gasteiger partial charge in [-0.2, -0.15) is 0 Å². The molecule has 104 valence electrons. The molecule has 1 fully saturated rings. The predicted octanol–water partition coefficient (Wildman–Crippen LogP) is 2.86. The lowest BCUT2D eigenvalue weighted by molar-refractivity contribution is -0.122. The lowest BCUT2D eigenvalue weighted by Gasteiger charge is -2.29. The zero-order chi connectivity index (χ0) is 13.8. The van der Waals surface area contributed by atoms with Crippen LogP contribution in [0.25, 0.3) is 0 Å². The van der Waals surface area contributed by atoms with Crippen LogP contribution in [0.15, 0.2) is 16.7 Å². The van der Waals surface area contributed by atoms with Crippen LogP contribution >= 0.6 is 15.9 Å². The fourth-order valence-corrected chi connectivity index (χ4v) is 2.88. The first kappa shape index (κ1) is 14.5. The molecule has 1 aliphatic rings. The molecular formula is C14H20BrN3O. The molecule has 19 heavy (non-hydrogen) atoms. The Kier molecular flexibility index (Phi) is 4.93. The first-order chi connectivity index (χ1) is 9.11. The number of hydrogen-bond donors (Lipinski definition) is 2. The minimum Gasteiger partial charge on any atom is -0.330 e. The SMILES string of the molecule is Cc1cc(NC(=O)C2CCCCC2CN)ncc1Br. The van der Waals surface area contributed by atoms with E-state index in [0.29, 0.717) is 18.3 Å². The minimum absolute atomic E-state index is 0.0319. The highest BCUT2D eigenvalue weighted by Gasteiger charge is 2.30. The molecular weight excluding hydrogens is 306 g/mol. The third-order valence-electron chi connectivity index (χ3n) is 3.85. The van der Waals surface area contributed by atoms with Crippen molar-refractivity contribution in [2.75, 3.05) is 11.9 Å². The van der Waals surface area contributed by atoms with Gasteiger partial charge in [-0.15, -0.1) is 0 Å². The number of carbonyl (C=O) groups is 1. The molecule has 0 spiro atoms. The number of amides is 1. The van der Waals surface area contributed by atoms with Crippen LogP contribution in [0.2, 0.25) is 0 Å². The number of anilines is 1. The van der Waals surface area contributed by atoms with E-state index in [4.69, 9.17) is 5.73 Å². The van der Waals surface area contributed by atoms with Crippen LogP contribution < -0.4 is 11.1 Å². The van der Waals surface area contributed by atoms with Gasteiger partial charge < -0.3 is 11.1 Å². The summed E-state index contributed by atoms with van der Waals surface area (Å²) in [7, 11) is 0.